The van der Waals surface area contributed by atoms with Crippen LogP contribution in [0.15, 0.2) is 63.5 Å². The lowest BCUT2D eigenvalue weighted by molar-refractivity contribution is 0.895. The number of nitrogens with zero attached hydrogens (tertiary/aromatic N) is 2. The second-order valence-electron chi connectivity index (χ2n) is 4.33. The average molecular weight is 393 g/mol. The molecule has 0 fully saturated rings. The zero-order valence-electron chi connectivity index (χ0n) is 10.4. The second-order valence-corrected chi connectivity index (χ2v) is 6.10. The Balaban J connectivity index is 2.11. The molecule has 20 heavy (non-hydrogen) atoms. The summed E-state index contributed by atoms with van der Waals surface area (Å²) in [5, 5.41) is 4.59. The third kappa shape index (κ3) is 2.51. The summed E-state index contributed by atoms with van der Waals surface area (Å²) in [5.41, 5.74) is 8.85. The van der Waals surface area contributed by atoms with Crippen molar-refractivity contribution in [2.75, 3.05) is 5.73 Å². The maximum atomic E-state index is 6.07. The molecule has 0 aliphatic rings. The highest BCUT2D eigenvalue weighted by Crippen LogP contribution is 2.31. The normalized spacial score (nSPS) is 10.7. The number of hydrogen-bond acceptors (Lipinski definition) is 2. The molecule has 0 amide bonds. The van der Waals surface area contributed by atoms with Gasteiger partial charge < -0.3 is 5.73 Å². The van der Waals surface area contributed by atoms with E-state index in [1.165, 1.54) is 0 Å². The van der Waals surface area contributed by atoms with Crippen molar-refractivity contribution in [3.8, 4) is 16.9 Å². The van der Waals surface area contributed by atoms with Gasteiger partial charge in [-0.15, -0.1) is 0 Å². The minimum atomic E-state index is 0.609. The van der Waals surface area contributed by atoms with Crippen molar-refractivity contribution >= 4 is 37.7 Å². The lowest BCUT2D eigenvalue weighted by Crippen LogP contribution is -2.01. The zero-order valence-corrected chi connectivity index (χ0v) is 13.6. The van der Waals surface area contributed by atoms with Gasteiger partial charge in [0, 0.05) is 20.6 Å². The summed E-state index contributed by atoms with van der Waals surface area (Å²) in [6.07, 6.45) is 0. The zero-order chi connectivity index (χ0) is 14.1. The van der Waals surface area contributed by atoms with Crippen molar-refractivity contribution in [1.82, 2.24) is 9.78 Å². The van der Waals surface area contributed by atoms with E-state index in [4.69, 9.17) is 5.73 Å². The molecule has 0 saturated carbocycles. The highest BCUT2D eigenvalue weighted by atomic mass is 79.9. The van der Waals surface area contributed by atoms with Crippen LogP contribution in [0.1, 0.15) is 0 Å². The first-order valence-electron chi connectivity index (χ1n) is 6.01. The van der Waals surface area contributed by atoms with Gasteiger partial charge in [0.15, 0.2) is 0 Å². The summed E-state index contributed by atoms with van der Waals surface area (Å²) in [6, 6.07) is 17.7. The van der Waals surface area contributed by atoms with Gasteiger partial charge in [-0.1, -0.05) is 50.1 Å². The van der Waals surface area contributed by atoms with E-state index in [1.54, 1.807) is 4.68 Å². The third-order valence-corrected chi connectivity index (χ3v) is 4.13. The number of nitrogens with two attached hydrogens (primary N) is 1. The average Bonchev–Trinajstić information content (AvgIpc) is 2.84. The van der Waals surface area contributed by atoms with Gasteiger partial charge in [0.2, 0.25) is 0 Å². The largest absolute Gasteiger partial charge is 0.384 e. The number of rotatable bonds is 2. The van der Waals surface area contributed by atoms with Crippen LogP contribution in [0.2, 0.25) is 0 Å². The fourth-order valence-electron chi connectivity index (χ4n) is 2.00. The van der Waals surface area contributed by atoms with Crippen molar-refractivity contribution in [2.45, 2.75) is 0 Å². The Morgan fingerprint density at radius 2 is 1.70 bits per heavy atom. The van der Waals surface area contributed by atoms with Gasteiger partial charge in [0.05, 0.1) is 11.4 Å². The molecule has 0 atom stereocenters. The molecule has 5 heteroatoms. The van der Waals surface area contributed by atoms with Crippen LogP contribution in [0.25, 0.3) is 16.9 Å². The topological polar surface area (TPSA) is 43.8 Å². The molecule has 2 N–H and O–H groups in total. The number of halogens is 2. The summed E-state index contributed by atoms with van der Waals surface area (Å²) >= 11 is 7.02. The van der Waals surface area contributed by atoms with E-state index in [0.29, 0.717) is 5.82 Å². The van der Waals surface area contributed by atoms with Gasteiger partial charge in [-0.25, -0.2) is 4.68 Å². The summed E-state index contributed by atoms with van der Waals surface area (Å²) in [6.45, 7) is 0. The van der Waals surface area contributed by atoms with Crippen molar-refractivity contribution < 1.29 is 0 Å². The Hall–Kier alpha value is -1.59. The Labute approximate surface area is 133 Å². The molecule has 0 bridgehead atoms. The minimum absolute atomic E-state index is 0.609. The maximum Gasteiger partial charge on any atom is 0.127 e. The molecule has 100 valence electrons. The highest BCUT2D eigenvalue weighted by Gasteiger charge is 2.11. The molecule has 0 spiro atoms. The number of nitrogen functional groups attached to an aromatic ring is 1. The molecule has 2 aromatic carbocycles. The molecule has 0 aliphatic heterocycles. The van der Waals surface area contributed by atoms with Crippen LogP contribution in [0.3, 0.4) is 0 Å². The van der Waals surface area contributed by atoms with E-state index < -0.39 is 0 Å². The van der Waals surface area contributed by atoms with Gasteiger partial charge in [-0.05, 0) is 30.3 Å². The smallest absolute Gasteiger partial charge is 0.127 e. The van der Waals surface area contributed by atoms with Gasteiger partial charge in [0.25, 0.3) is 0 Å². The molecule has 0 saturated heterocycles. The summed E-state index contributed by atoms with van der Waals surface area (Å²) < 4.78 is 3.73. The van der Waals surface area contributed by atoms with E-state index in [-0.39, 0.29) is 0 Å². The highest BCUT2D eigenvalue weighted by molar-refractivity contribution is 9.11. The molecule has 3 nitrogen and oxygen atoms in total. The monoisotopic (exact) mass is 391 g/mol. The van der Waals surface area contributed by atoms with Crippen LogP contribution in [-0.4, -0.2) is 9.78 Å². The van der Waals surface area contributed by atoms with Crippen LogP contribution < -0.4 is 5.73 Å². The summed E-state index contributed by atoms with van der Waals surface area (Å²) in [4.78, 5) is 0. The summed E-state index contributed by atoms with van der Waals surface area (Å²) in [5.74, 6) is 0.609. The number of aromatic nitrogens is 2. The SMILES string of the molecule is Nc1cc(-c2cc(Br)ccc2Br)nn1-c1ccccc1. The van der Waals surface area contributed by atoms with Gasteiger partial charge >= 0.3 is 0 Å². The second kappa shape index (κ2) is 5.42. The Kier molecular flexibility index (Phi) is 3.63. The third-order valence-electron chi connectivity index (χ3n) is 2.94. The van der Waals surface area contributed by atoms with Gasteiger partial charge in [-0.3, -0.25) is 0 Å². The predicted molar refractivity (Wildman–Crippen MR) is 88.8 cm³/mol. The van der Waals surface area contributed by atoms with Crippen LogP contribution in [0.5, 0.6) is 0 Å². The molecule has 1 aromatic heterocycles. The van der Waals surface area contributed by atoms with Gasteiger partial charge in [-0.2, -0.15) is 5.10 Å². The molecule has 1 heterocycles. The number of benzene rings is 2. The van der Waals surface area contributed by atoms with Crippen LogP contribution in [-0.2, 0) is 0 Å². The number of para-hydroxylation sites is 1. The van der Waals surface area contributed by atoms with Crippen molar-refractivity contribution in [1.29, 1.82) is 0 Å². The Bertz CT molecular complexity index is 751. The molecule has 0 unspecified atom stereocenters. The first kappa shape index (κ1) is 13.4. The lowest BCUT2D eigenvalue weighted by Gasteiger charge is -2.03. The van der Waals surface area contributed by atoms with E-state index in [2.05, 4.69) is 37.0 Å². The molecule has 3 aromatic rings. The fraction of sp³-hybridized carbons (Fsp3) is 0. The van der Waals surface area contributed by atoms with E-state index >= 15 is 0 Å². The summed E-state index contributed by atoms with van der Waals surface area (Å²) in [7, 11) is 0. The van der Waals surface area contributed by atoms with E-state index in [1.807, 2.05) is 54.6 Å². The van der Waals surface area contributed by atoms with Gasteiger partial charge in [0.1, 0.15) is 5.82 Å². The molecule has 0 radical (unpaired) electrons. The van der Waals surface area contributed by atoms with Crippen LogP contribution >= 0.6 is 31.9 Å². The predicted octanol–water partition coefficient (Wildman–Crippen LogP) is 4.65. The van der Waals surface area contributed by atoms with Crippen LogP contribution in [0, 0.1) is 0 Å². The first-order chi connectivity index (χ1) is 9.65. The van der Waals surface area contributed by atoms with Crippen LogP contribution in [0.4, 0.5) is 5.82 Å². The molecular weight excluding hydrogens is 382 g/mol. The fourth-order valence-corrected chi connectivity index (χ4v) is 2.81. The van der Waals surface area contributed by atoms with Crippen molar-refractivity contribution in [2.24, 2.45) is 0 Å². The number of anilines is 1. The minimum Gasteiger partial charge on any atom is -0.384 e. The molecular formula is C15H11Br2N3. The molecule has 3 rings (SSSR count). The van der Waals surface area contributed by atoms with Crippen molar-refractivity contribution in [3.63, 3.8) is 0 Å². The lowest BCUT2D eigenvalue weighted by atomic mass is 10.1. The maximum absolute atomic E-state index is 6.07. The Morgan fingerprint density at radius 1 is 0.950 bits per heavy atom. The standard InChI is InChI=1S/C15H11Br2N3/c16-10-6-7-13(17)12(8-10)14-9-15(18)20(19-14)11-4-2-1-3-5-11/h1-9H,18H2. The number of hydrogen-bond donors (Lipinski definition) is 1. The quantitative estimate of drug-likeness (QED) is 0.689. The van der Waals surface area contributed by atoms with Crippen molar-refractivity contribution in [3.05, 3.63) is 63.5 Å². The Morgan fingerprint density at radius 3 is 2.45 bits per heavy atom. The van der Waals surface area contributed by atoms with E-state index in [0.717, 1.165) is 25.9 Å². The molecule has 0 aliphatic carbocycles. The van der Waals surface area contributed by atoms with E-state index in [9.17, 15) is 0 Å². The first-order valence-corrected chi connectivity index (χ1v) is 7.60.